The maximum Gasteiger partial charge on any atom is 0.356 e. The number of allylic oxidation sites excluding steroid dienone is 2. The number of carboxylic acids is 1. The summed E-state index contributed by atoms with van der Waals surface area (Å²) in [4.78, 5) is 10.3. The molecule has 3 heterocycles. The number of thiophene rings is 1. The second-order valence-electron chi connectivity index (χ2n) is 3.10. The normalized spacial score (nSPS) is 11.7. The standard InChI is InChI=1S/C6H6N2O2.C4H4S.C2H3N3/c9-6(10)5-3-1-2-4-7-8-5;2*1-2-4-5-3-1/h1-4,7H,(H,9,10);1-4H;1-2H,(H,3,4,5). The highest BCUT2D eigenvalue weighted by molar-refractivity contribution is 7.07. The van der Waals surface area contributed by atoms with Gasteiger partial charge in [0.15, 0.2) is 5.71 Å². The molecule has 1 aliphatic heterocycles. The van der Waals surface area contributed by atoms with Crippen molar-refractivity contribution in [2.75, 3.05) is 0 Å². The Bertz CT molecular complexity index is 486. The fourth-order valence-corrected chi connectivity index (χ4v) is 1.36. The first kappa shape index (κ1) is 15.3. The molecule has 8 heteroatoms. The molecule has 0 radical (unpaired) electrons. The lowest BCUT2D eigenvalue weighted by molar-refractivity contribution is -0.129. The van der Waals surface area contributed by atoms with Crippen LogP contribution in [0.2, 0.25) is 0 Å². The summed E-state index contributed by atoms with van der Waals surface area (Å²) in [6.45, 7) is 0. The number of hydrazone groups is 1. The van der Waals surface area contributed by atoms with E-state index in [1.54, 1.807) is 42.1 Å². The molecule has 3 rings (SSSR count). The zero-order valence-electron chi connectivity index (χ0n) is 10.4. The van der Waals surface area contributed by atoms with Gasteiger partial charge < -0.3 is 5.11 Å². The van der Waals surface area contributed by atoms with Crippen molar-refractivity contribution in [1.82, 2.24) is 20.8 Å². The first-order valence-corrected chi connectivity index (χ1v) is 6.42. The topological polar surface area (TPSA) is 103 Å². The van der Waals surface area contributed by atoms with E-state index in [4.69, 9.17) is 5.11 Å². The van der Waals surface area contributed by atoms with Crippen LogP contribution in [0, 0.1) is 0 Å². The zero-order chi connectivity index (χ0) is 14.5. The van der Waals surface area contributed by atoms with Crippen LogP contribution in [0.4, 0.5) is 0 Å². The average Bonchev–Trinajstić information content (AvgIpc) is 3.13. The molecule has 0 aliphatic carbocycles. The molecule has 0 saturated heterocycles. The summed E-state index contributed by atoms with van der Waals surface area (Å²) >= 11 is 1.71. The van der Waals surface area contributed by atoms with E-state index < -0.39 is 5.97 Å². The van der Waals surface area contributed by atoms with E-state index in [1.807, 2.05) is 22.9 Å². The minimum Gasteiger partial charge on any atom is -0.476 e. The number of nitrogens with one attached hydrogen (secondary N) is 2. The van der Waals surface area contributed by atoms with Crippen LogP contribution in [-0.2, 0) is 4.79 Å². The molecule has 0 fully saturated rings. The van der Waals surface area contributed by atoms with Crippen molar-refractivity contribution in [2.24, 2.45) is 5.10 Å². The summed E-state index contributed by atoms with van der Waals surface area (Å²) in [6, 6.07) is 4.04. The van der Waals surface area contributed by atoms with Crippen LogP contribution in [0.1, 0.15) is 0 Å². The van der Waals surface area contributed by atoms with Gasteiger partial charge in [0.1, 0.15) is 0 Å². The Hall–Kier alpha value is -2.74. The maximum absolute atomic E-state index is 10.3. The van der Waals surface area contributed by atoms with Gasteiger partial charge in [-0.25, -0.2) is 4.79 Å². The van der Waals surface area contributed by atoms with Crippen LogP contribution in [0.3, 0.4) is 0 Å². The van der Waals surface area contributed by atoms with Gasteiger partial charge in [0.25, 0.3) is 0 Å². The molecule has 20 heavy (non-hydrogen) atoms. The van der Waals surface area contributed by atoms with E-state index in [-0.39, 0.29) is 5.71 Å². The fraction of sp³-hybridized carbons (Fsp3) is 0. The average molecular weight is 291 g/mol. The minimum atomic E-state index is -1.03. The quantitative estimate of drug-likeness (QED) is 0.741. The van der Waals surface area contributed by atoms with Crippen LogP contribution in [0.25, 0.3) is 0 Å². The molecule has 0 unspecified atom stereocenters. The van der Waals surface area contributed by atoms with Gasteiger partial charge in [-0.1, -0.05) is 23.4 Å². The van der Waals surface area contributed by atoms with E-state index in [9.17, 15) is 4.79 Å². The van der Waals surface area contributed by atoms with Crippen molar-refractivity contribution in [1.29, 1.82) is 0 Å². The predicted molar refractivity (Wildman–Crippen MR) is 77.2 cm³/mol. The fourth-order valence-electron chi connectivity index (χ4n) is 0.902. The van der Waals surface area contributed by atoms with Gasteiger partial charge in [-0.3, -0.25) is 10.5 Å². The Labute approximate surface area is 119 Å². The van der Waals surface area contributed by atoms with Crippen LogP contribution >= 0.6 is 11.3 Å². The highest BCUT2D eigenvalue weighted by atomic mass is 32.1. The van der Waals surface area contributed by atoms with Gasteiger partial charge in [-0.15, -0.1) is 5.10 Å². The molecular weight excluding hydrogens is 278 g/mol. The molecule has 2 aromatic rings. The lowest BCUT2D eigenvalue weighted by atomic mass is 10.3. The zero-order valence-corrected chi connectivity index (χ0v) is 11.2. The van der Waals surface area contributed by atoms with Crippen molar-refractivity contribution in [3.63, 3.8) is 0 Å². The molecule has 104 valence electrons. The minimum absolute atomic E-state index is 0.00463. The number of carboxylic acid groups (broad SMARTS) is 1. The molecule has 0 saturated carbocycles. The molecular formula is C12H13N5O2S. The molecule has 0 bridgehead atoms. The molecule has 1 aliphatic rings. The summed E-state index contributed by atoms with van der Waals surface area (Å²) in [5, 5.41) is 25.3. The molecule has 0 aromatic carbocycles. The number of aliphatic carboxylic acids is 1. The Morgan fingerprint density at radius 1 is 1.25 bits per heavy atom. The van der Waals surface area contributed by atoms with Crippen LogP contribution < -0.4 is 5.43 Å². The van der Waals surface area contributed by atoms with Crippen LogP contribution in [-0.4, -0.2) is 32.2 Å². The number of hydrogen-bond donors (Lipinski definition) is 3. The smallest absolute Gasteiger partial charge is 0.356 e. The lowest BCUT2D eigenvalue weighted by Gasteiger charge is -1.89. The predicted octanol–water partition coefficient (Wildman–Crippen LogP) is 1.65. The van der Waals surface area contributed by atoms with Crippen LogP contribution in [0.5, 0.6) is 0 Å². The summed E-state index contributed by atoms with van der Waals surface area (Å²) in [5.74, 6) is -1.03. The van der Waals surface area contributed by atoms with Crippen LogP contribution in [0.15, 0.2) is 64.8 Å². The molecule has 3 N–H and O–H groups in total. The third-order valence-electron chi connectivity index (χ3n) is 1.70. The van der Waals surface area contributed by atoms with Gasteiger partial charge in [0.2, 0.25) is 0 Å². The summed E-state index contributed by atoms with van der Waals surface area (Å²) in [7, 11) is 0. The number of aromatic amines is 1. The van der Waals surface area contributed by atoms with Crippen molar-refractivity contribution < 1.29 is 9.90 Å². The number of nitrogens with zero attached hydrogens (tertiary/aromatic N) is 3. The Morgan fingerprint density at radius 3 is 2.50 bits per heavy atom. The molecule has 0 amide bonds. The largest absolute Gasteiger partial charge is 0.476 e. The summed E-state index contributed by atoms with van der Waals surface area (Å²) < 4.78 is 0. The Balaban J connectivity index is 0.000000167. The second kappa shape index (κ2) is 10.2. The second-order valence-corrected chi connectivity index (χ2v) is 3.92. The van der Waals surface area contributed by atoms with E-state index >= 15 is 0 Å². The van der Waals surface area contributed by atoms with E-state index in [0.29, 0.717) is 0 Å². The van der Waals surface area contributed by atoms with Gasteiger partial charge in [-0.05, 0) is 22.9 Å². The SMILES string of the molecule is O=C(O)C1=NNC=CC=C1.c1c[nH]nn1.c1ccsc1. The van der Waals surface area contributed by atoms with Gasteiger partial charge >= 0.3 is 5.97 Å². The first-order chi connectivity index (χ1) is 9.80. The first-order valence-electron chi connectivity index (χ1n) is 5.48. The molecule has 0 spiro atoms. The molecule has 2 aromatic heterocycles. The van der Waals surface area contributed by atoms with Crippen molar-refractivity contribution >= 4 is 23.0 Å². The monoisotopic (exact) mass is 291 g/mol. The number of rotatable bonds is 1. The number of carbonyl (C=O) groups is 1. The summed E-state index contributed by atoms with van der Waals surface area (Å²) in [5.41, 5.74) is 2.45. The molecule has 0 atom stereocenters. The van der Waals surface area contributed by atoms with Gasteiger partial charge in [-0.2, -0.15) is 16.4 Å². The highest BCUT2D eigenvalue weighted by Gasteiger charge is 2.03. The van der Waals surface area contributed by atoms with Crippen molar-refractivity contribution in [3.8, 4) is 0 Å². The van der Waals surface area contributed by atoms with Gasteiger partial charge in [0.05, 0.1) is 6.20 Å². The lowest BCUT2D eigenvalue weighted by Crippen LogP contribution is -2.12. The third kappa shape index (κ3) is 7.56. The molecule has 7 nitrogen and oxygen atoms in total. The maximum atomic E-state index is 10.3. The number of H-pyrrole nitrogens is 1. The number of aromatic nitrogens is 3. The third-order valence-corrected chi connectivity index (χ3v) is 2.33. The number of hydrogen-bond acceptors (Lipinski definition) is 6. The van der Waals surface area contributed by atoms with E-state index in [0.717, 1.165) is 0 Å². The Kier molecular flexibility index (Phi) is 7.82. The van der Waals surface area contributed by atoms with Crippen molar-refractivity contribution in [2.45, 2.75) is 0 Å². The summed E-state index contributed by atoms with van der Waals surface area (Å²) in [6.07, 6.45) is 9.47. The van der Waals surface area contributed by atoms with E-state index in [2.05, 4.69) is 25.9 Å². The Morgan fingerprint density at radius 2 is 2.05 bits per heavy atom. The van der Waals surface area contributed by atoms with E-state index in [1.165, 1.54) is 6.08 Å². The van der Waals surface area contributed by atoms with Gasteiger partial charge in [0, 0.05) is 12.4 Å². The highest BCUT2D eigenvalue weighted by Crippen LogP contribution is 1.91. The van der Waals surface area contributed by atoms with Crippen molar-refractivity contribution in [3.05, 3.63) is 59.7 Å².